The first kappa shape index (κ1) is 15.3. The van der Waals surface area contributed by atoms with Crippen molar-refractivity contribution in [2.45, 2.75) is 19.9 Å². The maximum absolute atomic E-state index is 4.38. The van der Waals surface area contributed by atoms with Gasteiger partial charge >= 0.3 is 0 Å². The van der Waals surface area contributed by atoms with E-state index in [9.17, 15) is 0 Å². The van der Waals surface area contributed by atoms with Crippen molar-refractivity contribution in [2.75, 3.05) is 43.4 Å². The van der Waals surface area contributed by atoms with Crippen LogP contribution in [0.5, 0.6) is 0 Å². The van der Waals surface area contributed by atoms with Gasteiger partial charge in [0, 0.05) is 45.1 Å². The maximum Gasteiger partial charge on any atom is 0.151 e. The number of hydrogen-bond acceptors (Lipinski definition) is 7. The predicted octanol–water partition coefficient (Wildman–Crippen LogP) is 1.11. The lowest BCUT2D eigenvalue weighted by molar-refractivity contribution is 0.309. The molecule has 2 aliphatic heterocycles. The molecule has 2 aromatic heterocycles. The van der Waals surface area contributed by atoms with Crippen molar-refractivity contribution in [3.8, 4) is 0 Å². The molecule has 4 heterocycles. The topological polar surface area (TPSA) is 70.1 Å². The lowest BCUT2D eigenvalue weighted by Crippen LogP contribution is -2.50. The second-order valence-corrected chi connectivity index (χ2v) is 6.87. The summed E-state index contributed by atoms with van der Waals surface area (Å²) < 4.78 is 0. The molecule has 2 aromatic rings. The SMILES string of the molecule is Cc1ccc(N2CC(CNc3cc4c(nn3)CCN(C)C4)C2)nn1. The largest absolute Gasteiger partial charge is 0.368 e. The molecule has 0 amide bonds. The van der Waals surface area contributed by atoms with Crippen LogP contribution in [0.1, 0.15) is 17.0 Å². The molecule has 2 aliphatic rings. The smallest absolute Gasteiger partial charge is 0.151 e. The summed E-state index contributed by atoms with van der Waals surface area (Å²) in [5.41, 5.74) is 3.40. The maximum atomic E-state index is 4.38. The van der Waals surface area contributed by atoms with Gasteiger partial charge in [-0.25, -0.2) is 0 Å². The molecule has 0 bridgehead atoms. The first-order valence-electron chi connectivity index (χ1n) is 8.50. The second kappa shape index (κ2) is 6.32. The van der Waals surface area contributed by atoms with Gasteiger partial charge in [-0.05, 0) is 37.7 Å². The molecule has 0 unspecified atom stereocenters. The van der Waals surface area contributed by atoms with E-state index in [4.69, 9.17) is 0 Å². The zero-order valence-electron chi connectivity index (χ0n) is 14.2. The fourth-order valence-corrected chi connectivity index (χ4v) is 3.25. The fraction of sp³-hybridized carbons (Fsp3) is 0.529. The van der Waals surface area contributed by atoms with Crippen LogP contribution in [0.2, 0.25) is 0 Å². The number of nitrogens with zero attached hydrogens (tertiary/aromatic N) is 6. The second-order valence-electron chi connectivity index (χ2n) is 6.87. The van der Waals surface area contributed by atoms with Crippen LogP contribution in [-0.2, 0) is 13.0 Å². The van der Waals surface area contributed by atoms with Crippen LogP contribution in [0.25, 0.3) is 0 Å². The van der Waals surface area contributed by atoms with E-state index in [1.54, 1.807) is 0 Å². The van der Waals surface area contributed by atoms with E-state index in [0.717, 1.165) is 62.2 Å². The summed E-state index contributed by atoms with van der Waals surface area (Å²) in [5.74, 6) is 2.46. The summed E-state index contributed by atoms with van der Waals surface area (Å²) in [6, 6.07) is 6.20. The quantitative estimate of drug-likeness (QED) is 0.903. The number of aryl methyl sites for hydroxylation is 1. The molecule has 0 saturated carbocycles. The predicted molar refractivity (Wildman–Crippen MR) is 93.0 cm³/mol. The van der Waals surface area contributed by atoms with Crippen molar-refractivity contribution in [2.24, 2.45) is 5.92 Å². The Balaban J connectivity index is 1.29. The van der Waals surface area contributed by atoms with Crippen LogP contribution < -0.4 is 10.2 Å². The summed E-state index contributed by atoms with van der Waals surface area (Å²) in [4.78, 5) is 4.58. The van der Waals surface area contributed by atoms with E-state index < -0.39 is 0 Å². The monoisotopic (exact) mass is 325 g/mol. The van der Waals surface area contributed by atoms with Crippen molar-refractivity contribution in [3.63, 3.8) is 0 Å². The molecule has 4 rings (SSSR count). The first-order valence-corrected chi connectivity index (χ1v) is 8.50. The normalized spacial score (nSPS) is 18.2. The van der Waals surface area contributed by atoms with Gasteiger partial charge in [0.05, 0.1) is 11.4 Å². The highest BCUT2D eigenvalue weighted by atomic mass is 15.3. The average molecular weight is 325 g/mol. The van der Waals surface area contributed by atoms with Gasteiger partial charge in [-0.2, -0.15) is 10.2 Å². The van der Waals surface area contributed by atoms with Crippen LogP contribution in [0.15, 0.2) is 18.2 Å². The number of anilines is 2. The van der Waals surface area contributed by atoms with E-state index >= 15 is 0 Å². The molecule has 1 N–H and O–H groups in total. The lowest BCUT2D eigenvalue weighted by Gasteiger charge is -2.40. The summed E-state index contributed by atoms with van der Waals surface area (Å²) >= 11 is 0. The number of fused-ring (bicyclic) bond motifs is 1. The number of rotatable bonds is 4. The van der Waals surface area contributed by atoms with Crippen LogP contribution in [0, 0.1) is 12.8 Å². The van der Waals surface area contributed by atoms with Gasteiger partial charge in [-0.3, -0.25) is 0 Å². The highest BCUT2D eigenvalue weighted by molar-refractivity contribution is 5.42. The minimum Gasteiger partial charge on any atom is -0.368 e. The molecule has 0 radical (unpaired) electrons. The standard InChI is InChI=1S/C17H23N7/c1-12-3-4-17(22-19-12)24-9-13(10-24)8-18-16-7-14-11-23(2)6-5-15(14)20-21-16/h3-4,7,13H,5-6,8-11H2,1-2H3,(H,18,21). The van der Waals surface area contributed by atoms with Crippen molar-refractivity contribution in [1.82, 2.24) is 25.3 Å². The van der Waals surface area contributed by atoms with Gasteiger partial charge in [-0.1, -0.05) is 0 Å². The Kier molecular flexibility index (Phi) is 4.02. The Morgan fingerprint density at radius 3 is 2.83 bits per heavy atom. The van der Waals surface area contributed by atoms with Crippen LogP contribution in [-0.4, -0.2) is 58.5 Å². The Morgan fingerprint density at radius 2 is 2.04 bits per heavy atom. The third-order valence-electron chi connectivity index (χ3n) is 4.77. The van der Waals surface area contributed by atoms with E-state index in [2.05, 4.69) is 48.6 Å². The molecule has 7 nitrogen and oxygen atoms in total. The van der Waals surface area contributed by atoms with Crippen molar-refractivity contribution in [3.05, 3.63) is 35.2 Å². The molecule has 1 saturated heterocycles. The molecule has 0 atom stereocenters. The van der Waals surface area contributed by atoms with Gasteiger partial charge in [-0.15, -0.1) is 10.2 Å². The van der Waals surface area contributed by atoms with E-state index in [-0.39, 0.29) is 0 Å². The molecule has 0 aliphatic carbocycles. The summed E-state index contributed by atoms with van der Waals surface area (Å²) in [7, 11) is 2.15. The van der Waals surface area contributed by atoms with Gasteiger partial charge < -0.3 is 15.1 Å². The van der Waals surface area contributed by atoms with Gasteiger partial charge in [0.15, 0.2) is 5.82 Å². The number of nitrogens with one attached hydrogen (secondary N) is 1. The minimum absolute atomic E-state index is 0.605. The number of hydrogen-bond donors (Lipinski definition) is 1. The summed E-state index contributed by atoms with van der Waals surface area (Å²) in [6.45, 7) is 6.91. The third-order valence-corrected chi connectivity index (χ3v) is 4.77. The molecule has 0 aromatic carbocycles. The number of likely N-dealkylation sites (N-methyl/N-ethyl adjacent to an activating group) is 1. The molecule has 126 valence electrons. The highest BCUT2D eigenvalue weighted by Gasteiger charge is 2.28. The Hall–Kier alpha value is -2.28. The first-order chi connectivity index (χ1) is 11.7. The molecule has 0 spiro atoms. The van der Waals surface area contributed by atoms with E-state index in [1.807, 2.05) is 19.1 Å². The fourth-order valence-electron chi connectivity index (χ4n) is 3.25. The molecule has 7 heteroatoms. The van der Waals surface area contributed by atoms with Gasteiger partial charge in [0.25, 0.3) is 0 Å². The van der Waals surface area contributed by atoms with E-state index in [1.165, 1.54) is 5.56 Å². The zero-order valence-corrected chi connectivity index (χ0v) is 14.2. The van der Waals surface area contributed by atoms with Crippen LogP contribution >= 0.6 is 0 Å². The van der Waals surface area contributed by atoms with Crippen molar-refractivity contribution < 1.29 is 0 Å². The van der Waals surface area contributed by atoms with Crippen molar-refractivity contribution >= 4 is 11.6 Å². The average Bonchev–Trinajstić information content (AvgIpc) is 2.54. The van der Waals surface area contributed by atoms with Crippen LogP contribution in [0.3, 0.4) is 0 Å². The Bertz CT molecular complexity index is 709. The molecule has 24 heavy (non-hydrogen) atoms. The number of aromatic nitrogens is 4. The summed E-state index contributed by atoms with van der Waals surface area (Å²) in [5, 5.41) is 20.5. The minimum atomic E-state index is 0.605. The van der Waals surface area contributed by atoms with Crippen LogP contribution in [0.4, 0.5) is 11.6 Å². The highest BCUT2D eigenvalue weighted by Crippen LogP contribution is 2.23. The molecular formula is C17H23N7. The van der Waals surface area contributed by atoms with E-state index in [0.29, 0.717) is 5.92 Å². The summed E-state index contributed by atoms with van der Waals surface area (Å²) in [6.07, 6.45) is 0.994. The zero-order chi connectivity index (χ0) is 16.5. The molecular weight excluding hydrogens is 302 g/mol. The molecule has 1 fully saturated rings. The Morgan fingerprint density at radius 1 is 1.17 bits per heavy atom. The Labute approximate surface area is 142 Å². The van der Waals surface area contributed by atoms with Gasteiger partial charge in [0.2, 0.25) is 0 Å². The third kappa shape index (κ3) is 3.17. The van der Waals surface area contributed by atoms with Gasteiger partial charge in [0.1, 0.15) is 5.82 Å². The van der Waals surface area contributed by atoms with Crippen molar-refractivity contribution in [1.29, 1.82) is 0 Å². The lowest BCUT2D eigenvalue weighted by atomic mass is 10.00.